The summed E-state index contributed by atoms with van der Waals surface area (Å²) in [6.07, 6.45) is 5.58. The maximum Gasteiger partial charge on any atom is 0.331 e. The number of hydrogen-bond donors (Lipinski definition) is 1. The zero-order valence-corrected chi connectivity index (χ0v) is 15.7. The lowest BCUT2D eigenvalue weighted by atomic mass is 9.97. The van der Waals surface area contributed by atoms with Crippen LogP contribution in [0.1, 0.15) is 41.6 Å². The Morgan fingerprint density at radius 3 is 2.81 bits per heavy atom. The topological polar surface area (TPSA) is 120 Å². The minimum Gasteiger partial charge on any atom is -0.383 e. The summed E-state index contributed by atoms with van der Waals surface area (Å²) in [5.74, 6) is 0.685. The number of nitrogens with two attached hydrogens (primary N) is 1. The zero-order valence-electron chi connectivity index (χ0n) is 14.9. The predicted molar refractivity (Wildman–Crippen MR) is 103 cm³/mol. The van der Waals surface area contributed by atoms with E-state index in [0.29, 0.717) is 18.2 Å². The van der Waals surface area contributed by atoms with E-state index >= 15 is 0 Å². The van der Waals surface area contributed by atoms with E-state index in [-0.39, 0.29) is 12.1 Å². The maximum absolute atomic E-state index is 12.5. The molecule has 138 valence electrons. The van der Waals surface area contributed by atoms with Crippen LogP contribution in [0, 0.1) is 11.3 Å². The van der Waals surface area contributed by atoms with E-state index in [0.717, 1.165) is 40.5 Å². The highest BCUT2D eigenvalue weighted by Crippen LogP contribution is 2.37. The first-order valence-corrected chi connectivity index (χ1v) is 9.66. The second kappa shape index (κ2) is 6.63. The first-order chi connectivity index (χ1) is 13.0. The number of aryl methyl sites for hydroxylation is 3. The summed E-state index contributed by atoms with van der Waals surface area (Å²) in [7, 11) is 0. The number of aromatic nitrogens is 4. The molecule has 3 aromatic heterocycles. The molecular weight excluding hydrogens is 364 g/mol. The second-order valence-corrected chi connectivity index (χ2v) is 7.61. The molecule has 9 heteroatoms. The van der Waals surface area contributed by atoms with Crippen LogP contribution in [0.2, 0.25) is 0 Å². The van der Waals surface area contributed by atoms with E-state index in [1.165, 1.54) is 21.2 Å². The highest BCUT2D eigenvalue weighted by atomic mass is 32.1. The molecule has 0 aromatic carbocycles. The Morgan fingerprint density at radius 2 is 2.07 bits per heavy atom. The van der Waals surface area contributed by atoms with Gasteiger partial charge in [-0.1, -0.05) is 0 Å². The summed E-state index contributed by atoms with van der Waals surface area (Å²) in [4.78, 5) is 36.0. The number of rotatable bonds is 3. The van der Waals surface area contributed by atoms with E-state index in [1.54, 1.807) is 18.3 Å². The van der Waals surface area contributed by atoms with Gasteiger partial charge in [0.2, 0.25) is 0 Å². The molecule has 4 rings (SSSR count). The first kappa shape index (κ1) is 17.4. The van der Waals surface area contributed by atoms with Gasteiger partial charge < -0.3 is 5.73 Å². The van der Waals surface area contributed by atoms with Crippen molar-refractivity contribution in [2.45, 2.75) is 45.7 Å². The number of anilines is 1. The lowest BCUT2D eigenvalue weighted by Gasteiger charge is -2.11. The largest absolute Gasteiger partial charge is 0.383 e. The Bertz CT molecular complexity index is 1210. The molecule has 1 aliphatic carbocycles. The van der Waals surface area contributed by atoms with Crippen LogP contribution in [0.5, 0.6) is 0 Å². The maximum atomic E-state index is 12.5. The number of thiophene rings is 1. The molecule has 0 unspecified atom stereocenters. The standard InChI is InChI=1S/C18H18N6O2S/c1-2-23-8-10(7-19)17(25)24(18(23)26)9-13-21-15(20)14-11-5-3-4-6-12(11)27-16(14)22-13/h8H,2-6,9H2,1H3,(H2,20,21,22). The molecule has 0 spiro atoms. The molecule has 3 heterocycles. The van der Waals surface area contributed by atoms with Crippen LogP contribution in [-0.4, -0.2) is 19.1 Å². The molecular formula is C18H18N6O2S. The summed E-state index contributed by atoms with van der Waals surface area (Å²) in [6.45, 7) is 2.01. The molecule has 0 aliphatic heterocycles. The molecule has 0 radical (unpaired) electrons. The van der Waals surface area contributed by atoms with Crippen molar-refractivity contribution in [3.63, 3.8) is 0 Å². The SMILES string of the molecule is CCn1cc(C#N)c(=O)n(Cc2nc(N)c3c4c(sc3n2)CCCC4)c1=O. The van der Waals surface area contributed by atoms with Gasteiger partial charge in [-0.25, -0.2) is 14.8 Å². The second-order valence-electron chi connectivity index (χ2n) is 6.53. The summed E-state index contributed by atoms with van der Waals surface area (Å²) in [6, 6.07) is 1.84. The highest BCUT2D eigenvalue weighted by Gasteiger charge is 2.21. The van der Waals surface area contributed by atoms with Crippen molar-refractivity contribution in [2.24, 2.45) is 0 Å². The molecule has 0 saturated heterocycles. The molecule has 0 atom stereocenters. The third kappa shape index (κ3) is 2.82. The zero-order chi connectivity index (χ0) is 19.1. The average Bonchev–Trinajstić information content (AvgIpc) is 3.04. The summed E-state index contributed by atoms with van der Waals surface area (Å²) in [5, 5.41) is 10.1. The minimum atomic E-state index is -0.639. The monoisotopic (exact) mass is 382 g/mol. The fourth-order valence-corrected chi connectivity index (χ4v) is 4.83. The van der Waals surface area contributed by atoms with Crippen LogP contribution in [0.4, 0.5) is 5.82 Å². The van der Waals surface area contributed by atoms with Crippen LogP contribution in [0.3, 0.4) is 0 Å². The van der Waals surface area contributed by atoms with Gasteiger partial charge in [-0.2, -0.15) is 5.26 Å². The van der Waals surface area contributed by atoms with Gasteiger partial charge >= 0.3 is 5.69 Å². The molecule has 0 amide bonds. The van der Waals surface area contributed by atoms with Gasteiger partial charge in [-0.15, -0.1) is 11.3 Å². The van der Waals surface area contributed by atoms with Gasteiger partial charge in [0, 0.05) is 17.6 Å². The molecule has 0 fully saturated rings. The lowest BCUT2D eigenvalue weighted by Crippen LogP contribution is -2.41. The van der Waals surface area contributed by atoms with Gasteiger partial charge in [0.05, 0.1) is 11.9 Å². The van der Waals surface area contributed by atoms with Gasteiger partial charge in [0.15, 0.2) is 5.82 Å². The van der Waals surface area contributed by atoms with Crippen LogP contribution in [0.15, 0.2) is 15.8 Å². The van der Waals surface area contributed by atoms with Crippen molar-refractivity contribution in [3.8, 4) is 6.07 Å². The third-order valence-electron chi connectivity index (χ3n) is 4.89. The number of nitriles is 1. The van der Waals surface area contributed by atoms with Crippen LogP contribution in [-0.2, 0) is 25.9 Å². The van der Waals surface area contributed by atoms with E-state index < -0.39 is 11.2 Å². The smallest absolute Gasteiger partial charge is 0.331 e. The normalized spacial score (nSPS) is 13.5. The van der Waals surface area contributed by atoms with Crippen LogP contribution >= 0.6 is 11.3 Å². The van der Waals surface area contributed by atoms with E-state index in [4.69, 9.17) is 5.73 Å². The van der Waals surface area contributed by atoms with Gasteiger partial charge in [-0.05, 0) is 38.2 Å². The third-order valence-corrected chi connectivity index (χ3v) is 6.07. The summed E-state index contributed by atoms with van der Waals surface area (Å²) in [5.41, 5.74) is 6.22. The van der Waals surface area contributed by atoms with Gasteiger partial charge in [0.1, 0.15) is 22.3 Å². The summed E-state index contributed by atoms with van der Waals surface area (Å²) >= 11 is 1.61. The fraction of sp³-hybridized carbons (Fsp3) is 0.389. The molecule has 0 saturated carbocycles. The Labute approximate surface area is 158 Å². The molecule has 8 nitrogen and oxygen atoms in total. The predicted octanol–water partition coefficient (Wildman–Crippen LogP) is 1.42. The number of nitrogen functional groups attached to an aromatic ring is 1. The number of hydrogen-bond acceptors (Lipinski definition) is 7. The molecule has 3 aromatic rings. The first-order valence-electron chi connectivity index (χ1n) is 8.84. The fourth-order valence-electron chi connectivity index (χ4n) is 3.54. The Morgan fingerprint density at radius 1 is 1.30 bits per heavy atom. The molecule has 1 aliphatic rings. The molecule has 27 heavy (non-hydrogen) atoms. The van der Waals surface area contributed by atoms with E-state index in [2.05, 4.69) is 9.97 Å². The van der Waals surface area contributed by atoms with Crippen molar-refractivity contribution in [1.82, 2.24) is 19.1 Å². The highest BCUT2D eigenvalue weighted by molar-refractivity contribution is 7.19. The number of fused-ring (bicyclic) bond motifs is 3. The lowest BCUT2D eigenvalue weighted by molar-refractivity contribution is 0.586. The Hall–Kier alpha value is -2.99. The van der Waals surface area contributed by atoms with E-state index in [1.807, 2.05) is 6.07 Å². The van der Waals surface area contributed by atoms with Gasteiger partial charge in [-0.3, -0.25) is 13.9 Å². The van der Waals surface area contributed by atoms with Crippen molar-refractivity contribution in [2.75, 3.05) is 5.73 Å². The average molecular weight is 382 g/mol. The Kier molecular flexibility index (Phi) is 4.28. The van der Waals surface area contributed by atoms with E-state index in [9.17, 15) is 14.9 Å². The van der Waals surface area contributed by atoms with Crippen molar-refractivity contribution >= 4 is 27.4 Å². The molecule has 0 bridgehead atoms. The van der Waals surface area contributed by atoms with Crippen molar-refractivity contribution in [1.29, 1.82) is 5.26 Å². The summed E-state index contributed by atoms with van der Waals surface area (Å²) < 4.78 is 2.32. The van der Waals surface area contributed by atoms with Crippen molar-refractivity contribution in [3.05, 3.63) is 48.9 Å². The van der Waals surface area contributed by atoms with Crippen LogP contribution < -0.4 is 17.0 Å². The number of nitrogens with zero attached hydrogens (tertiary/aromatic N) is 5. The van der Waals surface area contributed by atoms with Crippen molar-refractivity contribution < 1.29 is 0 Å². The van der Waals surface area contributed by atoms with Gasteiger partial charge in [0.25, 0.3) is 5.56 Å². The van der Waals surface area contributed by atoms with Crippen LogP contribution in [0.25, 0.3) is 10.2 Å². The molecule has 2 N–H and O–H groups in total. The minimum absolute atomic E-state index is 0.0860. The Balaban J connectivity index is 1.85. The quantitative estimate of drug-likeness (QED) is 0.731.